The van der Waals surface area contributed by atoms with Crippen molar-refractivity contribution in [2.45, 2.75) is 19.4 Å². The maximum atomic E-state index is 10.9. The molecule has 24 heavy (non-hydrogen) atoms. The van der Waals surface area contributed by atoms with Gasteiger partial charge in [-0.3, -0.25) is 10.1 Å². The molecule has 0 amide bonds. The van der Waals surface area contributed by atoms with Gasteiger partial charge in [-0.05, 0) is 24.7 Å². The Kier molecular flexibility index (Phi) is 6.59. The van der Waals surface area contributed by atoms with Gasteiger partial charge >= 0.3 is 0 Å². The first-order valence-corrected chi connectivity index (χ1v) is 9.08. The van der Waals surface area contributed by atoms with E-state index in [4.69, 9.17) is 23.8 Å². The number of benzene rings is 1. The number of halogens is 1. The van der Waals surface area contributed by atoms with Gasteiger partial charge in [0.25, 0.3) is 5.69 Å². The highest BCUT2D eigenvalue weighted by molar-refractivity contribution is 8.14. The molecule has 1 saturated heterocycles. The van der Waals surface area contributed by atoms with E-state index < -0.39 is 4.92 Å². The van der Waals surface area contributed by atoms with Gasteiger partial charge in [0.15, 0.2) is 10.3 Å². The van der Waals surface area contributed by atoms with Gasteiger partial charge < -0.3 is 10.2 Å². The van der Waals surface area contributed by atoms with E-state index in [1.165, 1.54) is 12.1 Å². The number of thioether (sulfide) groups is 1. The number of hydrogen-bond donors (Lipinski definition) is 1. The summed E-state index contributed by atoms with van der Waals surface area (Å²) in [6.45, 7) is 6.24. The molecule has 128 valence electrons. The van der Waals surface area contributed by atoms with Crippen molar-refractivity contribution in [3.63, 3.8) is 0 Å². The molecule has 1 aliphatic rings. The maximum Gasteiger partial charge on any atom is 0.271 e. The highest BCUT2D eigenvalue weighted by atomic mass is 35.5. The molecule has 1 aliphatic heterocycles. The number of rotatable bonds is 5. The number of nitro benzene ring substituents is 1. The standard InChI is InChI=1S/C15H17ClN4O2S2/c1-3-7-17-14(23)18-15-19(10(4-2)9-24-15)13-6-5-11(20(21)22)8-12(13)16/h3,5-6,8,10H,1,4,7,9H2,2H3,(H,17,23)/b18-15-. The van der Waals surface area contributed by atoms with Crippen molar-refractivity contribution in [3.8, 4) is 0 Å². The molecule has 0 radical (unpaired) electrons. The van der Waals surface area contributed by atoms with Crippen molar-refractivity contribution >= 4 is 57.2 Å². The van der Waals surface area contributed by atoms with Crippen molar-refractivity contribution in [2.24, 2.45) is 4.99 Å². The minimum absolute atomic E-state index is 0.0368. The molecule has 1 fully saturated rings. The molecule has 2 rings (SSSR count). The summed E-state index contributed by atoms with van der Waals surface area (Å²) in [6.07, 6.45) is 2.60. The summed E-state index contributed by atoms with van der Waals surface area (Å²) in [4.78, 5) is 16.9. The zero-order chi connectivity index (χ0) is 17.7. The third-order valence-electron chi connectivity index (χ3n) is 3.44. The molecule has 0 saturated carbocycles. The minimum Gasteiger partial charge on any atom is -0.357 e. The highest BCUT2D eigenvalue weighted by Gasteiger charge is 2.32. The van der Waals surface area contributed by atoms with Gasteiger partial charge in [0.1, 0.15) is 0 Å². The van der Waals surface area contributed by atoms with Crippen molar-refractivity contribution in [1.82, 2.24) is 5.32 Å². The van der Waals surface area contributed by atoms with Crippen LogP contribution in [-0.4, -0.2) is 33.5 Å². The summed E-state index contributed by atoms with van der Waals surface area (Å²) in [6, 6.07) is 4.67. The van der Waals surface area contributed by atoms with Crippen LogP contribution in [-0.2, 0) is 0 Å². The van der Waals surface area contributed by atoms with E-state index in [2.05, 4.69) is 23.8 Å². The molecule has 1 N–H and O–H groups in total. The maximum absolute atomic E-state index is 10.9. The Balaban J connectivity index is 2.35. The third kappa shape index (κ3) is 4.25. The van der Waals surface area contributed by atoms with E-state index in [1.807, 2.05) is 4.90 Å². The zero-order valence-corrected chi connectivity index (χ0v) is 15.5. The van der Waals surface area contributed by atoms with Crippen LogP contribution >= 0.6 is 35.6 Å². The number of aliphatic imine (C=N–C) groups is 1. The highest BCUT2D eigenvalue weighted by Crippen LogP contribution is 2.37. The SMILES string of the molecule is C=CCNC(=S)/N=C1\SCC(CC)N1c1ccc([N+](=O)[O-])cc1Cl. The lowest BCUT2D eigenvalue weighted by Gasteiger charge is -2.26. The van der Waals surface area contributed by atoms with Crippen LogP contribution in [0.2, 0.25) is 5.02 Å². The molecule has 1 aromatic rings. The molecule has 0 spiro atoms. The monoisotopic (exact) mass is 384 g/mol. The van der Waals surface area contributed by atoms with Gasteiger partial charge in [0.2, 0.25) is 0 Å². The fourth-order valence-corrected chi connectivity index (χ4v) is 4.01. The summed E-state index contributed by atoms with van der Waals surface area (Å²) in [5.41, 5.74) is 0.662. The molecular weight excluding hydrogens is 368 g/mol. The van der Waals surface area contributed by atoms with Gasteiger partial charge in [-0.2, -0.15) is 4.99 Å². The van der Waals surface area contributed by atoms with E-state index in [1.54, 1.807) is 23.9 Å². The lowest BCUT2D eigenvalue weighted by atomic mass is 10.2. The minimum atomic E-state index is -0.463. The Morgan fingerprint density at radius 3 is 3.04 bits per heavy atom. The zero-order valence-electron chi connectivity index (χ0n) is 13.1. The van der Waals surface area contributed by atoms with Gasteiger partial charge in [-0.15, -0.1) is 6.58 Å². The first kappa shape index (κ1) is 18.7. The largest absolute Gasteiger partial charge is 0.357 e. The number of anilines is 1. The van der Waals surface area contributed by atoms with E-state index >= 15 is 0 Å². The summed E-state index contributed by atoms with van der Waals surface area (Å²) in [5, 5.41) is 15.3. The van der Waals surface area contributed by atoms with Crippen LogP contribution in [0.3, 0.4) is 0 Å². The molecule has 1 aromatic carbocycles. The van der Waals surface area contributed by atoms with Crippen molar-refractivity contribution in [3.05, 3.63) is 46.0 Å². The smallest absolute Gasteiger partial charge is 0.271 e. The van der Waals surface area contributed by atoms with E-state index in [-0.39, 0.29) is 11.7 Å². The molecule has 0 aliphatic carbocycles. The van der Waals surface area contributed by atoms with Gasteiger partial charge in [0.05, 0.1) is 15.6 Å². The average molecular weight is 385 g/mol. The molecule has 1 heterocycles. The predicted octanol–water partition coefficient (Wildman–Crippen LogP) is 4.00. The summed E-state index contributed by atoms with van der Waals surface area (Å²) < 4.78 is 0. The second-order valence-electron chi connectivity index (χ2n) is 5.01. The van der Waals surface area contributed by atoms with Crippen LogP contribution in [0.25, 0.3) is 0 Å². The lowest BCUT2D eigenvalue weighted by Crippen LogP contribution is -2.34. The van der Waals surface area contributed by atoms with Crippen LogP contribution < -0.4 is 10.2 Å². The van der Waals surface area contributed by atoms with E-state index in [0.717, 1.165) is 17.3 Å². The number of hydrogen-bond acceptors (Lipinski definition) is 4. The van der Waals surface area contributed by atoms with Gasteiger partial charge in [-0.25, -0.2) is 0 Å². The van der Waals surface area contributed by atoms with Crippen LogP contribution in [0.4, 0.5) is 11.4 Å². The molecule has 9 heteroatoms. The third-order valence-corrected chi connectivity index (χ3v) is 5.08. The molecule has 0 bridgehead atoms. The number of amidine groups is 1. The normalized spacial score (nSPS) is 18.7. The lowest BCUT2D eigenvalue weighted by molar-refractivity contribution is -0.384. The predicted molar refractivity (Wildman–Crippen MR) is 105 cm³/mol. The topological polar surface area (TPSA) is 70.8 Å². The second kappa shape index (κ2) is 8.46. The number of nitro groups is 1. The van der Waals surface area contributed by atoms with Gasteiger partial charge in [0, 0.05) is 30.5 Å². The van der Waals surface area contributed by atoms with Crippen LogP contribution in [0, 0.1) is 10.1 Å². The molecule has 1 unspecified atom stereocenters. The molecule has 0 aromatic heterocycles. The first-order valence-electron chi connectivity index (χ1n) is 7.31. The Bertz CT molecular complexity index is 696. The molecular formula is C15H17ClN4O2S2. The van der Waals surface area contributed by atoms with Crippen molar-refractivity contribution < 1.29 is 4.92 Å². The first-order chi connectivity index (χ1) is 11.5. The Labute approximate surface area is 155 Å². The fourth-order valence-electron chi connectivity index (χ4n) is 2.25. The Hall–Kier alpha value is -1.64. The van der Waals surface area contributed by atoms with Crippen molar-refractivity contribution in [1.29, 1.82) is 0 Å². The second-order valence-corrected chi connectivity index (χ2v) is 6.79. The quantitative estimate of drug-likeness (QED) is 0.358. The number of nitrogens with one attached hydrogen (secondary N) is 1. The summed E-state index contributed by atoms with van der Waals surface area (Å²) in [5.74, 6) is 0.854. The van der Waals surface area contributed by atoms with Gasteiger partial charge in [-0.1, -0.05) is 36.4 Å². The van der Waals surface area contributed by atoms with E-state index in [9.17, 15) is 10.1 Å². The fraction of sp³-hybridized carbons (Fsp3) is 0.333. The Morgan fingerprint density at radius 2 is 2.46 bits per heavy atom. The number of thiocarbonyl (C=S) groups is 1. The average Bonchev–Trinajstić information content (AvgIpc) is 2.95. The summed E-state index contributed by atoms with van der Waals surface area (Å²) >= 11 is 13.1. The van der Waals surface area contributed by atoms with E-state index in [0.29, 0.717) is 22.4 Å². The van der Waals surface area contributed by atoms with Crippen LogP contribution in [0.5, 0.6) is 0 Å². The van der Waals surface area contributed by atoms with Crippen LogP contribution in [0.15, 0.2) is 35.8 Å². The molecule has 6 nitrogen and oxygen atoms in total. The van der Waals surface area contributed by atoms with Crippen molar-refractivity contribution in [2.75, 3.05) is 17.2 Å². The van der Waals surface area contributed by atoms with Crippen LogP contribution in [0.1, 0.15) is 13.3 Å². The molecule has 1 atom stereocenters. The Morgan fingerprint density at radius 1 is 1.71 bits per heavy atom. The number of nitrogens with zero attached hydrogens (tertiary/aromatic N) is 3. The number of non-ortho nitro benzene ring substituents is 1. The summed E-state index contributed by atoms with van der Waals surface area (Å²) in [7, 11) is 0.